The molecule has 0 aliphatic heterocycles. The summed E-state index contributed by atoms with van der Waals surface area (Å²) in [4.78, 5) is 0. The van der Waals surface area contributed by atoms with Gasteiger partial charge in [0.25, 0.3) is 0 Å². The van der Waals surface area contributed by atoms with Gasteiger partial charge in [-0.15, -0.1) is 33.6 Å². The van der Waals surface area contributed by atoms with Crippen molar-refractivity contribution in [1.82, 2.24) is 0 Å². The van der Waals surface area contributed by atoms with Gasteiger partial charge in [-0.25, -0.2) is 0 Å². The fourth-order valence-electron chi connectivity index (χ4n) is 0.615. The second-order valence-electron chi connectivity index (χ2n) is 2.05. The van der Waals surface area contributed by atoms with Crippen molar-refractivity contribution in [3.63, 3.8) is 0 Å². The van der Waals surface area contributed by atoms with Crippen molar-refractivity contribution in [2.45, 2.75) is 6.18 Å². The molecule has 0 amide bonds. The van der Waals surface area contributed by atoms with Crippen molar-refractivity contribution in [3.05, 3.63) is 33.3 Å². The van der Waals surface area contributed by atoms with Crippen LogP contribution in [0.15, 0.2) is 16.6 Å². The molecule has 0 aliphatic carbocycles. The van der Waals surface area contributed by atoms with Gasteiger partial charge in [0.2, 0.25) is 0 Å². The van der Waals surface area contributed by atoms with Crippen LogP contribution in [-0.2, 0) is 25.7 Å². The number of halogens is 5. The molecule has 0 unspecified atom stereocenters. The molecule has 0 fully saturated rings. The molecule has 0 aliphatic rings. The third-order valence-corrected chi connectivity index (χ3v) is 2.34. The zero-order valence-electron chi connectivity index (χ0n) is 6.25. The molecule has 0 N–H and O–H groups in total. The number of hydrogen-bond acceptors (Lipinski definition) is 0. The molecule has 0 bridgehead atoms. The van der Waals surface area contributed by atoms with Gasteiger partial charge in [-0.2, -0.15) is 25.3 Å². The predicted molar refractivity (Wildman–Crippen MR) is 43.0 cm³/mol. The average molecular weight is 324 g/mol. The van der Waals surface area contributed by atoms with Crippen molar-refractivity contribution >= 4 is 27.5 Å². The van der Waals surface area contributed by atoms with E-state index < -0.39 is 11.7 Å². The molecule has 1 aromatic rings. The van der Waals surface area contributed by atoms with Crippen molar-refractivity contribution in [3.8, 4) is 0 Å². The van der Waals surface area contributed by atoms with E-state index in [9.17, 15) is 13.2 Å². The molecule has 0 radical (unpaired) electrons. The van der Waals surface area contributed by atoms with Crippen LogP contribution in [0.4, 0.5) is 13.2 Å². The summed E-state index contributed by atoms with van der Waals surface area (Å²) in [5, 5.41) is 0.142. The van der Waals surface area contributed by atoms with E-state index in [1.54, 1.807) is 0 Å². The normalized spacial score (nSPS) is 10.8. The molecule has 0 nitrogen and oxygen atoms in total. The van der Waals surface area contributed by atoms with E-state index in [-0.39, 0.29) is 29.0 Å². The zero-order chi connectivity index (χ0) is 9.35. The molecule has 1 rings (SSSR count). The van der Waals surface area contributed by atoms with Crippen molar-refractivity contribution < 1.29 is 32.6 Å². The quantitative estimate of drug-likeness (QED) is 0.501. The van der Waals surface area contributed by atoms with Crippen molar-refractivity contribution in [1.29, 1.82) is 0 Å². The molecule has 0 heterocycles. The SMILES string of the molecule is FC(F)(F)c1c[c-]c(Cl)c(Br)c1.[Zn]. The van der Waals surface area contributed by atoms with Crippen LogP contribution in [-0.4, -0.2) is 0 Å². The van der Waals surface area contributed by atoms with E-state index in [0.29, 0.717) is 0 Å². The minimum atomic E-state index is -4.34. The Labute approximate surface area is 99.3 Å². The van der Waals surface area contributed by atoms with Gasteiger partial charge < -0.3 is 0 Å². The first kappa shape index (κ1) is 13.4. The van der Waals surface area contributed by atoms with Crippen molar-refractivity contribution in [2.75, 3.05) is 0 Å². The number of alkyl halides is 3. The standard InChI is InChI=1S/C7H2BrClF3.Zn/c8-5-3-4(7(10,11)12)1-2-6(5)9;/h1,3H;/q-1;. The largest absolute Gasteiger partial charge is 0.370 e. The monoisotopic (exact) mass is 321 g/mol. The van der Waals surface area contributed by atoms with Gasteiger partial charge >= 0.3 is 6.18 Å². The van der Waals surface area contributed by atoms with Crippen LogP contribution in [0.2, 0.25) is 5.02 Å². The number of benzene rings is 1. The number of hydrogen-bond donors (Lipinski definition) is 0. The first-order chi connectivity index (χ1) is 5.41. The Hall–Kier alpha value is 0.403. The molecule has 0 aromatic heterocycles. The van der Waals surface area contributed by atoms with Crippen LogP contribution >= 0.6 is 27.5 Å². The molecule has 0 spiro atoms. The smallest absolute Gasteiger partial charge is 0.179 e. The first-order valence-electron chi connectivity index (χ1n) is 2.85. The Bertz CT molecular complexity index is 300. The summed E-state index contributed by atoms with van der Waals surface area (Å²) in [6, 6.07) is 4.00. The van der Waals surface area contributed by atoms with Gasteiger partial charge in [0, 0.05) is 19.5 Å². The molecule has 68 valence electrons. The van der Waals surface area contributed by atoms with E-state index in [4.69, 9.17) is 11.6 Å². The van der Waals surface area contributed by atoms with Crippen LogP contribution in [0.25, 0.3) is 0 Å². The van der Waals surface area contributed by atoms with E-state index in [1.165, 1.54) is 0 Å². The Kier molecular flexibility index (Phi) is 4.91. The second kappa shape index (κ2) is 4.76. The van der Waals surface area contributed by atoms with Gasteiger partial charge in [0.1, 0.15) is 0 Å². The molecular formula is C7H2BrClF3Zn-. The fourth-order valence-corrected chi connectivity index (χ4v) is 1.09. The van der Waals surface area contributed by atoms with E-state index in [2.05, 4.69) is 22.0 Å². The summed E-state index contributed by atoms with van der Waals surface area (Å²) in [5.41, 5.74) is -0.765. The van der Waals surface area contributed by atoms with Gasteiger partial charge in [-0.05, 0) is 0 Å². The second-order valence-corrected chi connectivity index (χ2v) is 3.28. The maximum absolute atomic E-state index is 12.0. The molecule has 0 saturated carbocycles. The van der Waals surface area contributed by atoms with E-state index >= 15 is 0 Å². The Balaban J connectivity index is 0.00000144. The molecule has 1 aromatic carbocycles. The summed E-state index contributed by atoms with van der Waals surface area (Å²) in [5.74, 6) is 0. The predicted octanol–water partition coefficient (Wildman–Crippen LogP) is 3.92. The summed E-state index contributed by atoms with van der Waals surface area (Å²) in [6.45, 7) is 0. The minimum Gasteiger partial charge on any atom is -0.179 e. The summed E-state index contributed by atoms with van der Waals surface area (Å²) in [6.07, 6.45) is -4.34. The molecule has 0 saturated heterocycles. The van der Waals surface area contributed by atoms with Crippen molar-refractivity contribution in [2.24, 2.45) is 0 Å². The van der Waals surface area contributed by atoms with Gasteiger partial charge in [-0.3, -0.25) is 0 Å². The number of rotatable bonds is 0. The first-order valence-corrected chi connectivity index (χ1v) is 4.02. The Morgan fingerprint density at radius 2 is 1.92 bits per heavy atom. The van der Waals surface area contributed by atoms with Crippen LogP contribution < -0.4 is 0 Å². The molecule has 6 heteroatoms. The maximum Gasteiger partial charge on any atom is 0.370 e. The summed E-state index contributed by atoms with van der Waals surface area (Å²) < 4.78 is 36.2. The Morgan fingerprint density at radius 3 is 2.31 bits per heavy atom. The molecule has 0 atom stereocenters. The molecular weight excluding hydrogens is 322 g/mol. The van der Waals surface area contributed by atoms with Crippen LogP contribution in [0.3, 0.4) is 0 Å². The van der Waals surface area contributed by atoms with Gasteiger partial charge in [0.05, 0.1) is 0 Å². The van der Waals surface area contributed by atoms with Gasteiger partial charge in [-0.1, -0.05) is 15.1 Å². The fraction of sp³-hybridized carbons (Fsp3) is 0.143. The van der Waals surface area contributed by atoms with Crippen LogP contribution in [0.1, 0.15) is 5.56 Å². The zero-order valence-corrected chi connectivity index (χ0v) is 11.6. The average Bonchev–Trinajstić information content (AvgIpc) is 1.92. The maximum atomic E-state index is 12.0. The Morgan fingerprint density at radius 1 is 1.38 bits per heavy atom. The summed E-state index contributed by atoms with van der Waals surface area (Å²) in [7, 11) is 0. The van der Waals surface area contributed by atoms with Crippen LogP contribution in [0.5, 0.6) is 0 Å². The van der Waals surface area contributed by atoms with E-state index in [1.807, 2.05) is 0 Å². The minimum absolute atomic E-state index is 0. The third kappa shape index (κ3) is 3.57. The van der Waals surface area contributed by atoms with E-state index in [0.717, 1.165) is 12.1 Å². The third-order valence-electron chi connectivity index (χ3n) is 1.17. The van der Waals surface area contributed by atoms with Crippen LogP contribution in [0, 0.1) is 6.07 Å². The summed E-state index contributed by atoms with van der Waals surface area (Å²) >= 11 is 8.34. The topological polar surface area (TPSA) is 0 Å². The molecule has 13 heavy (non-hydrogen) atoms. The van der Waals surface area contributed by atoms with Gasteiger partial charge in [0.15, 0.2) is 0 Å².